The summed E-state index contributed by atoms with van der Waals surface area (Å²) in [4.78, 5) is 13.9. The van der Waals surface area contributed by atoms with E-state index in [2.05, 4.69) is 4.90 Å². The molecule has 3 heteroatoms. The van der Waals surface area contributed by atoms with Gasteiger partial charge in [-0.25, -0.2) is 0 Å². The van der Waals surface area contributed by atoms with Gasteiger partial charge in [0.1, 0.15) is 0 Å². The van der Waals surface area contributed by atoms with Crippen molar-refractivity contribution in [2.75, 3.05) is 26.2 Å². The Morgan fingerprint density at radius 1 is 1.50 bits per heavy atom. The van der Waals surface area contributed by atoms with E-state index in [0.717, 1.165) is 19.7 Å². The largest absolute Gasteiger partial charge is 0.376 e. The van der Waals surface area contributed by atoms with Gasteiger partial charge in [-0.05, 0) is 6.92 Å². The van der Waals surface area contributed by atoms with Gasteiger partial charge in [0, 0.05) is 18.5 Å². The lowest BCUT2D eigenvalue weighted by atomic mass is 9.90. The van der Waals surface area contributed by atoms with Gasteiger partial charge in [-0.1, -0.05) is 20.8 Å². The van der Waals surface area contributed by atoms with Gasteiger partial charge in [0.15, 0.2) is 5.78 Å². The SMILES string of the molecule is CC1CN(CC(=O)C(C)(C)C)CCO1. The first-order chi connectivity index (χ1) is 6.39. The van der Waals surface area contributed by atoms with Crippen molar-refractivity contribution in [1.29, 1.82) is 0 Å². The van der Waals surface area contributed by atoms with Gasteiger partial charge in [0.05, 0.1) is 19.3 Å². The van der Waals surface area contributed by atoms with E-state index in [1.54, 1.807) is 0 Å². The van der Waals surface area contributed by atoms with Crippen molar-refractivity contribution in [1.82, 2.24) is 4.90 Å². The molecule has 0 amide bonds. The molecule has 0 aromatic carbocycles. The number of morpholine rings is 1. The van der Waals surface area contributed by atoms with E-state index in [1.165, 1.54) is 0 Å². The second-order valence-electron chi connectivity index (χ2n) is 5.09. The second-order valence-corrected chi connectivity index (χ2v) is 5.09. The molecule has 1 aliphatic rings. The first-order valence-electron chi connectivity index (χ1n) is 5.27. The Hall–Kier alpha value is -0.410. The molecule has 0 radical (unpaired) electrons. The quantitative estimate of drug-likeness (QED) is 0.672. The predicted octanol–water partition coefficient (Wildman–Crippen LogP) is 1.32. The van der Waals surface area contributed by atoms with Crippen molar-refractivity contribution < 1.29 is 9.53 Å². The fourth-order valence-corrected chi connectivity index (χ4v) is 1.47. The minimum Gasteiger partial charge on any atom is -0.376 e. The van der Waals surface area contributed by atoms with Crippen LogP contribution < -0.4 is 0 Å². The standard InChI is InChI=1S/C11H21NO2/c1-9-7-12(5-6-14-9)8-10(13)11(2,3)4/h9H,5-8H2,1-4H3. The highest BCUT2D eigenvalue weighted by Gasteiger charge is 2.25. The fourth-order valence-electron chi connectivity index (χ4n) is 1.47. The molecule has 0 aromatic rings. The van der Waals surface area contributed by atoms with Gasteiger partial charge in [-0.15, -0.1) is 0 Å². The van der Waals surface area contributed by atoms with E-state index < -0.39 is 0 Å². The predicted molar refractivity (Wildman–Crippen MR) is 56.3 cm³/mol. The summed E-state index contributed by atoms with van der Waals surface area (Å²) in [7, 11) is 0. The first kappa shape index (κ1) is 11.7. The minimum atomic E-state index is -0.221. The maximum Gasteiger partial charge on any atom is 0.152 e. The summed E-state index contributed by atoms with van der Waals surface area (Å²) >= 11 is 0. The fraction of sp³-hybridized carbons (Fsp3) is 0.909. The van der Waals surface area contributed by atoms with Crippen LogP contribution in [0, 0.1) is 5.41 Å². The van der Waals surface area contributed by atoms with Crippen LogP contribution in [-0.2, 0) is 9.53 Å². The third-order valence-electron chi connectivity index (χ3n) is 2.53. The molecular weight excluding hydrogens is 178 g/mol. The lowest BCUT2D eigenvalue weighted by molar-refractivity contribution is -0.129. The van der Waals surface area contributed by atoms with Gasteiger partial charge in [0.2, 0.25) is 0 Å². The van der Waals surface area contributed by atoms with Gasteiger partial charge in [-0.2, -0.15) is 0 Å². The molecule has 0 saturated carbocycles. The first-order valence-corrected chi connectivity index (χ1v) is 5.27. The molecule has 1 atom stereocenters. The molecule has 82 valence electrons. The third kappa shape index (κ3) is 3.39. The van der Waals surface area contributed by atoms with Gasteiger partial charge in [-0.3, -0.25) is 9.69 Å². The van der Waals surface area contributed by atoms with E-state index in [-0.39, 0.29) is 11.5 Å². The monoisotopic (exact) mass is 199 g/mol. The Bertz CT molecular complexity index is 208. The number of rotatable bonds is 2. The molecule has 0 aromatic heterocycles. The van der Waals surface area contributed by atoms with E-state index in [1.807, 2.05) is 27.7 Å². The van der Waals surface area contributed by atoms with Crippen LogP contribution >= 0.6 is 0 Å². The maximum atomic E-state index is 11.8. The highest BCUT2D eigenvalue weighted by molar-refractivity contribution is 5.85. The van der Waals surface area contributed by atoms with Gasteiger partial charge < -0.3 is 4.74 Å². The molecule has 3 nitrogen and oxygen atoms in total. The van der Waals surface area contributed by atoms with Crippen LogP contribution in [0.3, 0.4) is 0 Å². The molecule has 1 heterocycles. The molecule has 1 aliphatic heterocycles. The molecule has 1 rings (SSSR count). The third-order valence-corrected chi connectivity index (χ3v) is 2.53. The summed E-state index contributed by atoms with van der Waals surface area (Å²) in [6.45, 7) is 11.0. The molecular formula is C11H21NO2. The number of carbonyl (C=O) groups excluding carboxylic acids is 1. The van der Waals surface area contributed by atoms with Crippen molar-refractivity contribution in [3.8, 4) is 0 Å². The molecule has 14 heavy (non-hydrogen) atoms. The normalized spacial score (nSPS) is 25.0. The number of ketones is 1. The van der Waals surface area contributed by atoms with Crippen LogP contribution in [0.2, 0.25) is 0 Å². The van der Waals surface area contributed by atoms with Crippen LogP contribution in [0.1, 0.15) is 27.7 Å². The smallest absolute Gasteiger partial charge is 0.152 e. The number of ether oxygens (including phenoxy) is 1. The number of Topliss-reactive ketones (excluding diaryl/α,β-unsaturated/α-hetero) is 1. The summed E-state index contributed by atoms with van der Waals surface area (Å²) in [6, 6.07) is 0. The van der Waals surface area contributed by atoms with E-state index in [4.69, 9.17) is 4.74 Å². The van der Waals surface area contributed by atoms with E-state index >= 15 is 0 Å². The van der Waals surface area contributed by atoms with Crippen LogP contribution in [-0.4, -0.2) is 43.0 Å². The lowest BCUT2D eigenvalue weighted by Gasteiger charge is -2.32. The minimum absolute atomic E-state index is 0.221. The Kier molecular flexibility index (Phi) is 3.67. The Morgan fingerprint density at radius 3 is 2.64 bits per heavy atom. The van der Waals surface area contributed by atoms with Crippen molar-refractivity contribution in [3.05, 3.63) is 0 Å². The van der Waals surface area contributed by atoms with Crippen LogP contribution in [0.15, 0.2) is 0 Å². The second kappa shape index (κ2) is 4.41. The number of hydrogen-bond donors (Lipinski definition) is 0. The summed E-state index contributed by atoms with van der Waals surface area (Å²) in [6.07, 6.45) is 0.261. The Labute approximate surface area is 86.4 Å². The number of carbonyl (C=O) groups is 1. The molecule has 1 saturated heterocycles. The van der Waals surface area contributed by atoms with Crippen molar-refractivity contribution >= 4 is 5.78 Å². The number of hydrogen-bond acceptors (Lipinski definition) is 3. The van der Waals surface area contributed by atoms with Crippen molar-refractivity contribution in [3.63, 3.8) is 0 Å². The van der Waals surface area contributed by atoms with Crippen LogP contribution in [0.4, 0.5) is 0 Å². The zero-order valence-electron chi connectivity index (χ0n) is 9.67. The highest BCUT2D eigenvalue weighted by Crippen LogP contribution is 2.16. The average Bonchev–Trinajstić information content (AvgIpc) is 2.02. The molecule has 0 spiro atoms. The summed E-state index contributed by atoms with van der Waals surface area (Å²) < 4.78 is 5.42. The molecule has 1 unspecified atom stereocenters. The number of nitrogens with zero attached hydrogens (tertiary/aromatic N) is 1. The zero-order valence-corrected chi connectivity index (χ0v) is 9.67. The highest BCUT2D eigenvalue weighted by atomic mass is 16.5. The molecule has 1 fully saturated rings. The molecule has 0 N–H and O–H groups in total. The Balaban J connectivity index is 2.40. The summed E-state index contributed by atoms with van der Waals surface area (Å²) in [5.74, 6) is 0.312. The van der Waals surface area contributed by atoms with Crippen LogP contribution in [0.25, 0.3) is 0 Å². The topological polar surface area (TPSA) is 29.5 Å². The van der Waals surface area contributed by atoms with Gasteiger partial charge in [0.25, 0.3) is 0 Å². The summed E-state index contributed by atoms with van der Waals surface area (Å²) in [5, 5.41) is 0. The van der Waals surface area contributed by atoms with Crippen LogP contribution in [0.5, 0.6) is 0 Å². The van der Waals surface area contributed by atoms with E-state index in [0.29, 0.717) is 12.3 Å². The van der Waals surface area contributed by atoms with Crippen molar-refractivity contribution in [2.24, 2.45) is 5.41 Å². The van der Waals surface area contributed by atoms with E-state index in [9.17, 15) is 4.79 Å². The maximum absolute atomic E-state index is 11.8. The summed E-state index contributed by atoms with van der Waals surface area (Å²) in [5.41, 5.74) is -0.221. The zero-order chi connectivity index (χ0) is 10.8. The lowest BCUT2D eigenvalue weighted by Crippen LogP contribution is -2.45. The molecule has 0 bridgehead atoms. The average molecular weight is 199 g/mol. The van der Waals surface area contributed by atoms with Gasteiger partial charge >= 0.3 is 0 Å². The molecule has 0 aliphatic carbocycles. The van der Waals surface area contributed by atoms with Crippen molar-refractivity contribution in [2.45, 2.75) is 33.8 Å². The Morgan fingerprint density at radius 2 is 2.14 bits per heavy atom.